The Balaban J connectivity index is 2.73. The average Bonchev–Trinajstić information content (AvgIpc) is 2.19. The summed E-state index contributed by atoms with van der Waals surface area (Å²) in [6.07, 6.45) is -4.62. The van der Waals surface area contributed by atoms with Gasteiger partial charge in [-0.15, -0.1) is 0 Å². The zero-order valence-electron chi connectivity index (χ0n) is 9.93. The van der Waals surface area contributed by atoms with Crippen LogP contribution in [-0.4, -0.2) is 18.8 Å². The number of alkyl halides is 3. The van der Waals surface area contributed by atoms with Crippen LogP contribution in [-0.2, 0) is 6.42 Å². The number of ether oxygens (including phenoxy) is 1. The predicted molar refractivity (Wildman–Crippen MR) is 67.7 cm³/mol. The van der Waals surface area contributed by atoms with Gasteiger partial charge in [0.25, 0.3) is 0 Å². The summed E-state index contributed by atoms with van der Waals surface area (Å²) in [4.78, 5) is 0. The first-order valence-electron chi connectivity index (χ1n) is 5.52. The maximum atomic E-state index is 12.1. The lowest BCUT2D eigenvalue weighted by atomic mass is 10.1. The van der Waals surface area contributed by atoms with Crippen molar-refractivity contribution in [1.82, 2.24) is 0 Å². The molecule has 1 aromatic carbocycles. The van der Waals surface area contributed by atoms with Gasteiger partial charge in [-0.3, -0.25) is 0 Å². The first kappa shape index (κ1) is 15.3. The van der Waals surface area contributed by atoms with Gasteiger partial charge in [0.2, 0.25) is 0 Å². The van der Waals surface area contributed by atoms with E-state index in [1.165, 1.54) is 0 Å². The summed E-state index contributed by atoms with van der Waals surface area (Å²) in [5.41, 5.74) is 6.50. The number of benzene rings is 1. The van der Waals surface area contributed by atoms with Crippen LogP contribution < -0.4 is 10.5 Å². The quantitative estimate of drug-likeness (QED) is 0.896. The van der Waals surface area contributed by atoms with Gasteiger partial charge in [-0.25, -0.2) is 0 Å². The molecule has 0 amide bonds. The SMILES string of the molecule is CC(N)Cc1cccc(Br)c1OCCC(F)(F)F. The zero-order valence-corrected chi connectivity index (χ0v) is 11.5. The van der Waals surface area contributed by atoms with Gasteiger partial charge < -0.3 is 10.5 Å². The lowest BCUT2D eigenvalue weighted by Crippen LogP contribution is -2.19. The third kappa shape index (κ3) is 5.27. The number of nitrogens with two attached hydrogens (primary N) is 1. The lowest BCUT2D eigenvalue weighted by Gasteiger charge is -2.15. The van der Waals surface area contributed by atoms with Crippen LogP contribution in [0.5, 0.6) is 5.75 Å². The van der Waals surface area contributed by atoms with Gasteiger partial charge in [0, 0.05) is 6.04 Å². The van der Waals surface area contributed by atoms with E-state index in [-0.39, 0.29) is 6.04 Å². The molecule has 0 spiro atoms. The molecule has 0 aliphatic rings. The predicted octanol–water partition coefficient (Wildman–Crippen LogP) is 3.67. The summed E-state index contributed by atoms with van der Waals surface area (Å²) in [7, 11) is 0. The van der Waals surface area contributed by atoms with Crippen molar-refractivity contribution in [2.75, 3.05) is 6.61 Å². The van der Waals surface area contributed by atoms with E-state index in [9.17, 15) is 13.2 Å². The second-order valence-electron chi connectivity index (χ2n) is 4.12. The van der Waals surface area contributed by atoms with Crippen molar-refractivity contribution in [2.45, 2.75) is 32.0 Å². The number of hydrogen-bond donors (Lipinski definition) is 1. The highest BCUT2D eigenvalue weighted by molar-refractivity contribution is 9.10. The van der Waals surface area contributed by atoms with Gasteiger partial charge in [0.05, 0.1) is 17.5 Å². The molecule has 1 rings (SSSR count). The summed E-state index contributed by atoms with van der Waals surface area (Å²) in [6, 6.07) is 5.26. The van der Waals surface area contributed by atoms with Gasteiger partial charge in [-0.2, -0.15) is 13.2 Å². The first-order valence-corrected chi connectivity index (χ1v) is 6.31. The molecule has 0 aliphatic carbocycles. The molecule has 0 saturated carbocycles. The van der Waals surface area contributed by atoms with E-state index in [0.29, 0.717) is 16.6 Å². The average molecular weight is 326 g/mol. The molecule has 102 valence electrons. The number of para-hydroxylation sites is 1. The molecule has 0 saturated heterocycles. The van der Waals surface area contributed by atoms with Crippen molar-refractivity contribution < 1.29 is 17.9 Å². The van der Waals surface area contributed by atoms with Crippen LogP contribution in [0.4, 0.5) is 13.2 Å². The van der Waals surface area contributed by atoms with Crippen molar-refractivity contribution in [1.29, 1.82) is 0 Å². The molecule has 1 unspecified atom stereocenters. The highest BCUT2D eigenvalue weighted by Crippen LogP contribution is 2.30. The van der Waals surface area contributed by atoms with E-state index in [1.54, 1.807) is 18.2 Å². The molecule has 0 bridgehead atoms. The number of halogens is 4. The van der Waals surface area contributed by atoms with E-state index < -0.39 is 19.2 Å². The Morgan fingerprint density at radius 3 is 2.61 bits per heavy atom. The van der Waals surface area contributed by atoms with Crippen LogP contribution in [0.2, 0.25) is 0 Å². The summed E-state index contributed by atoms with van der Waals surface area (Å²) in [6.45, 7) is 1.44. The van der Waals surface area contributed by atoms with Crippen LogP contribution in [0.15, 0.2) is 22.7 Å². The van der Waals surface area contributed by atoms with Crippen LogP contribution in [0, 0.1) is 0 Å². The summed E-state index contributed by atoms with van der Waals surface area (Å²) in [5.74, 6) is 0.444. The Bertz CT molecular complexity index is 393. The van der Waals surface area contributed by atoms with Crippen molar-refractivity contribution in [3.05, 3.63) is 28.2 Å². The molecule has 0 aromatic heterocycles. The van der Waals surface area contributed by atoms with Crippen LogP contribution in [0.25, 0.3) is 0 Å². The molecule has 0 radical (unpaired) electrons. The molecule has 18 heavy (non-hydrogen) atoms. The van der Waals surface area contributed by atoms with Crippen molar-refractivity contribution in [3.8, 4) is 5.75 Å². The fraction of sp³-hybridized carbons (Fsp3) is 0.500. The minimum Gasteiger partial charge on any atom is -0.492 e. The van der Waals surface area contributed by atoms with Gasteiger partial charge >= 0.3 is 6.18 Å². The Labute approximate surface area is 112 Å². The van der Waals surface area contributed by atoms with Gasteiger partial charge in [0.15, 0.2) is 0 Å². The summed E-state index contributed by atoms with van der Waals surface area (Å²) >= 11 is 3.27. The van der Waals surface area contributed by atoms with Gasteiger partial charge in [-0.05, 0) is 40.9 Å². The minimum absolute atomic E-state index is 0.0794. The second-order valence-corrected chi connectivity index (χ2v) is 4.98. The van der Waals surface area contributed by atoms with E-state index >= 15 is 0 Å². The molecule has 1 atom stereocenters. The Morgan fingerprint density at radius 2 is 2.06 bits per heavy atom. The largest absolute Gasteiger partial charge is 0.492 e. The lowest BCUT2D eigenvalue weighted by molar-refractivity contribution is -0.139. The third-order valence-electron chi connectivity index (χ3n) is 2.22. The molecular formula is C12H15BrF3NO. The van der Waals surface area contributed by atoms with Gasteiger partial charge in [-0.1, -0.05) is 12.1 Å². The topological polar surface area (TPSA) is 35.2 Å². The maximum absolute atomic E-state index is 12.1. The van der Waals surface area contributed by atoms with Crippen LogP contribution in [0.1, 0.15) is 18.9 Å². The van der Waals surface area contributed by atoms with E-state index in [1.807, 2.05) is 6.92 Å². The van der Waals surface area contributed by atoms with Gasteiger partial charge in [0.1, 0.15) is 5.75 Å². The molecule has 6 heteroatoms. The molecule has 0 aliphatic heterocycles. The fourth-order valence-corrected chi connectivity index (χ4v) is 2.01. The summed E-state index contributed by atoms with van der Waals surface area (Å²) < 4.78 is 42.0. The molecule has 1 aromatic rings. The number of hydrogen-bond acceptors (Lipinski definition) is 2. The normalized spacial score (nSPS) is 13.4. The summed E-state index contributed by atoms with van der Waals surface area (Å²) in [5, 5.41) is 0. The maximum Gasteiger partial charge on any atom is 0.392 e. The van der Waals surface area contributed by atoms with Crippen molar-refractivity contribution in [2.24, 2.45) is 5.73 Å². The van der Waals surface area contributed by atoms with E-state index in [0.717, 1.165) is 5.56 Å². The monoisotopic (exact) mass is 325 g/mol. The van der Waals surface area contributed by atoms with Crippen LogP contribution in [0.3, 0.4) is 0 Å². The minimum atomic E-state index is -4.21. The van der Waals surface area contributed by atoms with Crippen LogP contribution >= 0.6 is 15.9 Å². The molecule has 0 fully saturated rings. The molecule has 2 nitrogen and oxygen atoms in total. The van der Waals surface area contributed by atoms with E-state index in [4.69, 9.17) is 10.5 Å². The van der Waals surface area contributed by atoms with Crippen molar-refractivity contribution >= 4 is 15.9 Å². The number of rotatable bonds is 5. The molecule has 0 heterocycles. The Hall–Kier alpha value is -0.750. The highest BCUT2D eigenvalue weighted by Gasteiger charge is 2.27. The fourth-order valence-electron chi connectivity index (χ4n) is 1.49. The Morgan fingerprint density at radius 1 is 1.39 bits per heavy atom. The highest BCUT2D eigenvalue weighted by atomic mass is 79.9. The zero-order chi connectivity index (χ0) is 13.8. The smallest absolute Gasteiger partial charge is 0.392 e. The van der Waals surface area contributed by atoms with Crippen molar-refractivity contribution in [3.63, 3.8) is 0 Å². The second kappa shape index (κ2) is 6.43. The third-order valence-corrected chi connectivity index (χ3v) is 2.85. The molecular weight excluding hydrogens is 311 g/mol. The van der Waals surface area contributed by atoms with E-state index in [2.05, 4.69) is 15.9 Å². The first-order chi connectivity index (χ1) is 8.29. The molecule has 2 N–H and O–H groups in total. The Kier molecular flexibility index (Phi) is 5.47. The standard InChI is InChI=1S/C12H15BrF3NO/c1-8(17)7-9-3-2-4-10(13)11(9)18-6-5-12(14,15)16/h2-4,8H,5-7,17H2,1H3.